The van der Waals surface area contributed by atoms with Crippen LogP contribution in [0.3, 0.4) is 0 Å². The maximum Gasteiger partial charge on any atom is 0.256 e. The third kappa shape index (κ3) is 4.83. The van der Waals surface area contributed by atoms with Gasteiger partial charge in [0.05, 0.1) is 13.1 Å². The van der Waals surface area contributed by atoms with Gasteiger partial charge in [0.2, 0.25) is 0 Å². The zero-order valence-corrected chi connectivity index (χ0v) is 12.6. The van der Waals surface area contributed by atoms with Gasteiger partial charge in [0.25, 0.3) is 5.82 Å². The fourth-order valence-corrected chi connectivity index (χ4v) is 2.61. The van der Waals surface area contributed by atoms with E-state index in [9.17, 15) is 0 Å². The number of hydrogen-bond acceptors (Lipinski definition) is 0. The van der Waals surface area contributed by atoms with Gasteiger partial charge in [-0.05, 0) is 19.3 Å². The van der Waals surface area contributed by atoms with Gasteiger partial charge in [0.1, 0.15) is 12.4 Å². The number of rotatable bonds is 10. The molecule has 18 heavy (non-hydrogen) atoms. The second kappa shape index (κ2) is 9.18. The Bertz CT molecular complexity index is 315. The van der Waals surface area contributed by atoms with E-state index in [0.717, 1.165) is 13.0 Å². The van der Waals surface area contributed by atoms with Crippen molar-refractivity contribution in [1.82, 2.24) is 4.57 Å². The second-order valence-corrected chi connectivity index (χ2v) is 5.22. The fraction of sp³-hybridized carbons (Fsp3) is 0.812. The molecule has 0 aromatic carbocycles. The number of aromatic nitrogens is 2. The molecule has 0 radical (unpaired) electrons. The number of nitrogens with zero attached hydrogens (tertiary/aromatic N) is 2. The molecule has 0 aliphatic heterocycles. The van der Waals surface area contributed by atoms with E-state index in [1.54, 1.807) is 0 Å². The number of hydrogen-bond donors (Lipinski definition) is 0. The van der Waals surface area contributed by atoms with Gasteiger partial charge in [0.15, 0.2) is 0 Å². The van der Waals surface area contributed by atoms with Crippen molar-refractivity contribution in [2.24, 2.45) is 0 Å². The molecule has 0 saturated heterocycles. The maximum atomic E-state index is 2.45. The van der Waals surface area contributed by atoms with Gasteiger partial charge >= 0.3 is 0 Å². The molecule has 0 atom stereocenters. The normalized spacial score (nSPS) is 11.1. The third-order valence-corrected chi connectivity index (χ3v) is 3.62. The SMILES string of the molecule is CCCCCCCCn1cc[n+](CCC)c1CC. The minimum absolute atomic E-state index is 1.14. The van der Waals surface area contributed by atoms with Crippen LogP contribution in [0.2, 0.25) is 0 Å². The molecule has 2 nitrogen and oxygen atoms in total. The van der Waals surface area contributed by atoms with Crippen molar-refractivity contribution in [3.05, 3.63) is 18.2 Å². The Morgan fingerprint density at radius 2 is 1.67 bits per heavy atom. The molecule has 2 heteroatoms. The van der Waals surface area contributed by atoms with Crippen molar-refractivity contribution >= 4 is 0 Å². The third-order valence-electron chi connectivity index (χ3n) is 3.62. The van der Waals surface area contributed by atoms with E-state index in [2.05, 4.69) is 42.3 Å². The number of unbranched alkanes of at least 4 members (excludes halogenated alkanes) is 5. The van der Waals surface area contributed by atoms with Crippen LogP contribution < -0.4 is 4.57 Å². The summed E-state index contributed by atoms with van der Waals surface area (Å²) in [5.74, 6) is 1.49. The highest BCUT2D eigenvalue weighted by atomic mass is 15.1. The Hall–Kier alpha value is -0.790. The smallest absolute Gasteiger partial charge is 0.234 e. The van der Waals surface area contributed by atoms with Crippen molar-refractivity contribution in [3.8, 4) is 0 Å². The highest BCUT2D eigenvalue weighted by molar-refractivity contribution is 4.82. The Balaban J connectivity index is 2.33. The summed E-state index contributed by atoms with van der Waals surface area (Å²) in [4.78, 5) is 0. The highest BCUT2D eigenvalue weighted by Crippen LogP contribution is 2.07. The van der Waals surface area contributed by atoms with Crippen molar-refractivity contribution in [2.45, 2.75) is 85.2 Å². The van der Waals surface area contributed by atoms with Crippen LogP contribution in [0.1, 0.15) is 71.5 Å². The summed E-state index contributed by atoms with van der Waals surface area (Å²) in [7, 11) is 0. The summed E-state index contributed by atoms with van der Waals surface area (Å²) in [6, 6.07) is 0. The van der Waals surface area contributed by atoms with Crippen molar-refractivity contribution in [1.29, 1.82) is 0 Å². The Morgan fingerprint density at radius 1 is 0.944 bits per heavy atom. The van der Waals surface area contributed by atoms with Gasteiger partial charge in [-0.1, -0.05) is 46.5 Å². The molecule has 1 heterocycles. The Morgan fingerprint density at radius 3 is 2.33 bits per heavy atom. The molecular formula is C16H31N2+. The number of aryl methyl sites for hydroxylation is 2. The first kappa shape index (κ1) is 15.3. The van der Waals surface area contributed by atoms with Gasteiger partial charge in [0, 0.05) is 6.42 Å². The zero-order valence-electron chi connectivity index (χ0n) is 12.6. The molecular weight excluding hydrogens is 220 g/mol. The Labute approximate surface area is 113 Å². The predicted molar refractivity (Wildman–Crippen MR) is 77.7 cm³/mol. The van der Waals surface area contributed by atoms with E-state index in [4.69, 9.17) is 0 Å². The average molecular weight is 251 g/mol. The summed E-state index contributed by atoms with van der Waals surface area (Å²) in [5.41, 5.74) is 0. The van der Waals surface area contributed by atoms with Crippen molar-refractivity contribution < 1.29 is 4.57 Å². The molecule has 0 amide bonds. The predicted octanol–water partition coefficient (Wildman–Crippen LogP) is 4.11. The maximum absolute atomic E-state index is 2.45. The van der Waals surface area contributed by atoms with Crippen LogP contribution in [0.5, 0.6) is 0 Å². The molecule has 0 N–H and O–H groups in total. The molecule has 104 valence electrons. The molecule has 0 saturated carbocycles. The van der Waals surface area contributed by atoms with Crippen molar-refractivity contribution in [3.63, 3.8) is 0 Å². The lowest BCUT2D eigenvalue weighted by Crippen LogP contribution is -2.36. The zero-order chi connectivity index (χ0) is 13.2. The molecule has 0 spiro atoms. The standard InChI is InChI=1S/C16H31N2/c1-4-7-8-9-10-11-13-18-15-14-17(12-5-2)16(18)6-3/h14-15H,4-13H2,1-3H3/q+1. The van der Waals surface area contributed by atoms with Gasteiger partial charge in [-0.2, -0.15) is 0 Å². The summed E-state index contributed by atoms with van der Waals surface area (Å²) in [6.07, 6.45) is 15.2. The summed E-state index contributed by atoms with van der Waals surface area (Å²) < 4.78 is 4.87. The van der Waals surface area contributed by atoms with Crippen LogP contribution in [0, 0.1) is 0 Å². The van der Waals surface area contributed by atoms with Gasteiger partial charge < -0.3 is 0 Å². The molecule has 0 bridgehead atoms. The summed E-state index contributed by atoms with van der Waals surface area (Å²) in [6.45, 7) is 9.15. The molecule has 1 aromatic rings. The molecule has 1 aromatic heterocycles. The lowest BCUT2D eigenvalue weighted by Gasteiger charge is -2.03. The van der Waals surface area contributed by atoms with E-state index in [0.29, 0.717) is 0 Å². The second-order valence-electron chi connectivity index (χ2n) is 5.22. The van der Waals surface area contributed by atoms with E-state index < -0.39 is 0 Å². The largest absolute Gasteiger partial charge is 0.256 e. The Kier molecular flexibility index (Phi) is 7.79. The van der Waals surface area contributed by atoms with E-state index >= 15 is 0 Å². The van der Waals surface area contributed by atoms with Gasteiger partial charge in [-0.15, -0.1) is 0 Å². The molecule has 0 fully saturated rings. The van der Waals surface area contributed by atoms with Crippen LogP contribution >= 0.6 is 0 Å². The van der Waals surface area contributed by atoms with Crippen molar-refractivity contribution in [2.75, 3.05) is 0 Å². The fourth-order valence-electron chi connectivity index (χ4n) is 2.61. The van der Waals surface area contributed by atoms with Crippen LogP contribution in [0.4, 0.5) is 0 Å². The first-order valence-corrected chi connectivity index (χ1v) is 7.90. The van der Waals surface area contributed by atoms with Gasteiger partial charge in [-0.3, -0.25) is 0 Å². The minimum Gasteiger partial charge on any atom is -0.234 e. The van der Waals surface area contributed by atoms with Crippen LogP contribution in [-0.4, -0.2) is 4.57 Å². The summed E-state index contributed by atoms with van der Waals surface area (Å²) >= 11 is 0. The molecule has 0 aliphatic carbocycles. The first-order chi connectivity index (χ1) is 8.83. The quantitative estimate of drug-likeness (QED) is 0.437. The average Bonchev–Trinajstić information content (AvgIpc) is 2.76. The van der Waals surface area contributed by atoms with E-state index in [1.807, 2.05) is 0 Å². The van der Waals surface area contributed by atoms with Crippen LogP contribution in [0.15, 0.2) is 12.4 Å². The van der Waals surface area contributed by atoms with Crippen LogP contribution in [-0.2, 0) is 19.5 Å². The number of imidazole rings is 1. The van der Waals surface area contributed by atoms with E-state index in [-0.39, 0.29) is 0 Å². The lowest BCUT2D eigenvalue weighted by molar-refractivity contribution is -0.703. The topological polar surface area (TPSA) is 8.81 Å². The molecule has 0 unspecified atom stereocenters. The monoisotopic (exact) mass is 251 g/mol. The van der Waals surface area contributed by atoms with E-state index in [1.165, 1.54) is 57.3 Å². The van der Waals surface area contributed by atoms with Gasteiger partial charge in [-0.25, -0.2) is 9.13 Å². The molecule has 0 aliphatic rings. The molecule has 1 rings (SSSR count). The summed E-state index contributed by atoms with van der Waals surface area (Å²) in [5, 5.41) is 0. The highest BCUT2D eigenvalue weighted by Gasteiger charge is 2.13. The minimum atomic E-state index is 1.14. The lowest BCUT2D eigenvalue weighted by atomic mass is 10.1. The van der Waals surface area contributed by atoms with Crippen LogP contribution in [0.25, 0.3) is 0 Å². The first-order valence-electron chi connectivity index (χ1n) is 7.90.